The third kappa shape index (κ3) is 3.24. The molecule has 1 aliphatic rings. The Morgan fingerprint density at radius 3 is 2.94 bits per heavy atom. The molecule has 16 heavy (non-hydrogen) atoms. The van der Waals surface area contributed by atoms with Crippen molar-refractivity contribution in [1.82, 2.24) is 0 Å². The summed E-state index contributed by atoms with van der Waals surface area (Å²) in [6.07, 6.45) is 3.61. The van der Waals surface area contributed by atoms with Gasteiger partial charge in [-0.05, 0) is 37.5 Å². The molecule has 0 spiro atoms. The van der Waals surface area contributed by atoms with E-state index in [0.29, 0.717) is 6.61 Å². The van der Waals surface area contributed by atoms with Crippen LogP contribution >= 0.6 is 0 Å². The average Bonchev–Trinajstić information content (AvgIpc) is 3.03. The van der Waals surface area contributed by atoms with Gasteiger partial charge in [-0.25, -0.2) is 0 Å². The van der Waals surface area contributed by atoms with Gasteiger partial charge in [0.05, 0.1) is 6.61 Å². The van der Waals surface area contributed by atoms with Gasteiger partial charge in [-0.15, -0.1) is 0 Å². The summed E-state index contributed by atoms with van der Waals surface area (Å²) in [5.74, 6) is 0.963. The van der Waals surface area contributed by atoms with Gasteiger partial charge in [0.15, 0.2) is 0 Å². The third-order valence-electron chi connectivity index (χ3n) is 2.90. The molecule has 1 fully saturated rings. The quantitative estimate of drug-likeness (QED) is 0.687. The van der Waals surface area contributed by atoms with E-state index in [4.69, 9.17) is 9.47 Å². The summed E-state index contributed by atoms with van der Waals surface area (Å²) in [4.78, 5) is 0. The van der Waals surface area contributed by atoms with Crippen molar-refractivity contribution in [3.63, 3.8) is 0 Å². The first-order valence-corrected chi connectivity index (χ1v) is 6.07. The van der Waals surface area contributed by atoms with Crippen LogP contribution in [0.15, 0.2) is 24.3 Å². The van der Waals surface area contributed by atoms with E-state index in [1.54, 1.807) is 0 Å². The van der Waals surface area contributed by atoms with Crippen molar-refractivity contribution in [1.29, 1.82) is 0 Å². The molecule has 0 amide bonds. The van der Waals surface area contributed by atoms with E-state index in [1.165, 1.54) is 18.4 Å². The minimum absolute atomic E-state index is 0.0283. The first-order chi connectivity index (χ1) is 7.72. The molecule has 2 nitrogen and oxygen atoms in total. The summed E-state index contributed by atoms with van der Waals surface area (Å²) in [5.41, 5.74) is 1.33. The lowest BCUT2D eigenvalue weighted by Crippen LogP contribution is -2.16. The monoisotopic (exact) mass is 220 g/mol. The van der Waals surface area contributed by atoms with Crippen LogP contribution in [0.2, 0.25) is 0 Å². The maximum absolute atomic E-state index is 5.73. The Balaban J connectivity index is 1.88. The zero-order valence-corrected chi connectivity index (χ0v) is 10.2. The largest absolute Gasteiger partial charge is 0.490 e. The van der Waals surface area contributed by atoms with Crippen molar-refractivity contribution >= 4 is 0 Å². The van der Waals surface area contributed by atoms with Gasteiger partial charge in [0.1, 0.15) is 18.0 Å². The topological polar surface area (TPSA) is 21.8 Å². The number of aryl methyl sites for hydroxylation is 1. The fourth-order valence-corrected chi connectivity index (χ4v) is 1.61. The zero-order valence-electron chi connectivity index (χ0n) is 10.2. The van der Waals surface area contributed by atoms with Crippen LogP contribution in [0.25, 0.3) is 0 Å². The zero-order chi connectivity index (χ0) is 11.4. The summed E-state index contributed by atoms with van der Waals surface area (Å²) in [7, 11) is 0. The first kappa shape index (κ1) is 11.5. The van der Waals surface area contributed by atoms with Crippen LogP contribution in [0.3, 0.4) is 0 Å². The lowest BCUT2D eigenvalue weighted by atomic mass is 10.1. The number of rotatable bonds is 6. The summed E-state index contributed by atoms with van der Waals surface area (Å²) >= 11 is 0. The fourth-order valence-electron chi connectivity index (χ4n) is 1.61. The Bertz CT molecular complexity index is 342. The minimum atomic E-state index is -0.0283. The minimum Gasteiger partial charge on any atom is -0.490 e. The van der Waals surface area contributed by atoms with Crippen molar-refractivity contribution in [3.8, 4) is 5.75 Å². The van der Waals surface area contributed by atoms with Gasteiger partial charge in [-0.2, -0.15) is 0 Å². The van der Waals surface area contributed by atoms with Crippen LogP contribution in [0, 0.1) is 0 Å². The Labute approximate surface area is 97.6 Å². The summed E-state index contributed by atoms with van der Waals surface area (Å²) in [6.45, 7) is 5.77. The smallest absolute Gasteiger partial charge is 0.123 e. The number of epoxide rings is 1. The van der Waals surface area contributed by atoms with Crippen molar-refractivity contribution in [2.24, 2.45) is 0 Å². The van der Waals surface area contributed by atoms with E-state index in [9.17, 15) is 0 Å². The molecule has 88 valence electrons. The van der Waals surface area contributed by atoms with E-state index in [1.807, 2.05) is 6.07 Å². The molecule has 0 aliphatic carbocycles. The van der Waals surface area contributed by atoms with Crippen LogP contribution in [0.1, 0.15) is 32.3 Å². The maximum atomic E-state index is 5.73. The third-order valence-corrected chi connectivity index (χ3v) is 2.90. The molecular weight excluding hydrogens is 200 g/mol. The second-order valence-electron chi connectivity index (χ2n) is 4.78. The molecule has 0 bridgehead atoms. The Morgan fingerprint density at radius 1 is 1.44 bits per heavy atom. The van der Waals surface area contributed by atoms with Crippen molar-refractivity contribution in [2.75, 3.05) is 13.2 Å². The summed E-state index contributed by atoms with van der Waals surface area (Å²) in [6, 6.07) is 8.39. The second kappa shape index (κ2) is 4.88. The van der Waals surface area contributed by atoms with Crippen molar-refractivity contribution < 1.29 is 9.47 Å². The van der Waals surface area contributed by atoms with Crippen LogP contribution < -0.4 is 4.74 Å². The highest BCUT2D eigenvalue weighted by molar-refractivity contribution is 5.28. The fraction of sp³-hybridized carbons (Fsp3) is 0.571. The maximum Gasteiger partial charge on any atom is 0.123 e. The van der Waals surface area contributed by atoms with E-state index in [0.717, 1.165) is 18.8 Å². The molecule has 2 heteroatoms. The molecular formula is C14H20O2. The molecule has 2 rings (SSSR count). The second-order valence-corrected chi connectivity index (χ2v) is 4.78. The molecule has 1 saturated heterocycles. The van der Waals surface area contributed by atoms with E-state index < -0.39 is 0 Å². The van der Waals surface area contributed by atoms with Gasteiger partial charge >= 0.3 is 0 Å². The number of ether oxygens (including phenoxy) is 2. The van der Waals surface area contributed by atoms with Crippen LogP contribution in [0.5, 0.6) is 5.75 Å². The molecule has 1 aliphatic heterocycles. The molecule has 1 unspecified atom stereocenters. The van der Waals surface area contributed by atoms with Gasteiger partial charge in [0.25, 0.3) is 0 Å². The highest BCUT2D eigenvalue weighted by Gasteiger charge is 2.40. The number of unbranched alkanes of at least 4 members (excludes halogenated alkanes) is 1. The SMILES string of the molecule is CCCCc1cccc(OCC2(C)CO2)c1. The lowest BCUT2D eigenvalue weighted by molar-refractivity contribution is 0.202. The predicted octanol–water partition coefficient (Wildman–Crippen LogP) is 3.20. The predicted molar refractivity (Wildman–Crippen MR) is 64.9 cm³/mol. The number of hydrogen-bond acceptors (Lipinski definition) is 2. The molecule has 0 N–H and O–H groups in total. The Kier molecular flexibility index (Phi) is 3.49. The van der Waals surface area contributed by atoms with Crippen molar-refractivity contribution in [3.05, 3.63) is 29.8 Å². The molecule has 1 aromatic carbocycles. The van der Waals surface area contributed by atoms with Crippen LogP contribution in [0.4, 0.5) is 0 Å². The number of benzene rings is 1. The van der Waals surface area contributed by atoms with Crippen LogP contribution in [-0.4, -0.2) is 18.8 Å². The van der Waals surface area contributed by atoms with Crippen LogP contribution in [-0.2, 0) is 11.2 Å². The Morgan fingerprint density at radius 2 is 2.25 bits per heavy atom. The number of hydrogen-bond donors (Lipinski definition) is 0. The molecule has 0 aromatic heterocycles. The van der Waals surface area contributed by atoms with E-state index in [-0.39, 0.29) is 5.60 Å². The molecule has 1 heterocycles. The van der Waals surface area contributed by atoms with Gasteiger partial charge < -0.3 is 9.47 Å². The van der Waals surface area contributed by atoms with Gasteiger partial charge in [0.2, 0.25) is 0 Å². The van der Waals surface area contributed by atoms with E-state index in [2.05, 4.69) is 32.0 Å². The molecule has 1 atom stereocenters. The normalized spacial score (nSPS) is 23.1. The molecule has 1 aromatic rings. The highest BCUT2D eigenvalue weighted by atomic mass is 16.6. The standard InChI is InChI=1S/C14H20O2/c1-3-4-6-12-7-5-8-13(9-12)15-10-14(2)11-16-14/h5,7-9H,3-4,6,10-11H2,1-2H3. The van der Waals surface area contributed by atoms with Gasteiger partial charge in [0, 0.05) is 0 Å². The van der Waals surface area contributed by atoms with Gasteiger partial charge in [-0.1, -0.05) is 25.5 Å². The summed E-state index contributed by atoms with van der Waals surface area (Å²) < 4.78 is 11.0. The first-order valence-electron chi connectivity index (χ1n) is 6.07. The van der Waals surface area contributed by atoms with Gasteiger partial charge in [-0.3, -0.25) is 0 Å². The molecule has 0 saturated carbocycles. The Hall–Kier alpha value is -1.02. The molecule has 0 radical (unpaired) electrons. The average molecular weight is 220 g/mol. The highest BCUT2D eigenvalue weighted by Crippen LogP contribution is 2.27. The van der Waals surface area contributed by atoms with Crippen molar-refractivity contribution in [2.45, 2.75) is 38.7 Å². The summed E-state index contributed by atoms with van der Waals surface area (Å²) in [5, 5.41) is 0. The van der Waals surface area contributed by atoms with E-state index >= 15 is 0 Å². The lowest BCUT2D eigenvalue weighted by Gasteiger charge is -2.10.